The van der Waals surface area contributed by atoms with Gasteiger partial charge in [-0.1, -0.05) is 0 Å². The van der Waals surface area contributed by atoms with Gasteiger partial charge in [0, 0.05) is 23.0 Å². The Bertz CT molecular complexity index is 188. The molecule has 3 rings (SSSR count). The maximum absolute atomic E-state index is 5.99. The van der Waals surface area contributed by atoms with E-state index < -0.39 is 0 Å². The van der Waals surface area contributed by atoms with Crippen LogP contribution in [0, 0.1) is 5.92 Å². The highest BCUT2D eigenvalue weighted by molar-refractivity contribution is 8.00. The second kappa shape index (κ2) is 4.89. The van der Waals surface area contributed by atoms with Crippen LogP contribution in [0.1, 0.15) is 32.1 Å². The van der Waals surface area contributed by atoms with Gasteiger partial charge in [0.25, 0.3) is 0 Å². The van der Waals surface area contributed by atoms with Crippen molar-refractivity contribution in [2.24, 2.45) is 0 Å². The molecule has 15 heavy (non-hydrogen) atoms. The number of thioether (sulfide) groups is 2. The average Bonchev–Trinajstić information content (AvgIpc) is 3.01. The van der Waals surface area contributed by atoms with E-state index in [2.05, 4.69) is 23.5 Å². The fraction of sp³-hybridized carbons (Fsp3) is 0.917. The van der Waals surface area contributed by atoms with Crippen molar-refractivity contribution in [3.05, 3.63) is 5.92 Å². The van der Waals surface area contributed by atoms with Crippen LogP contribution in [0.4, 0.5) is 0 Å². The van der Waals surface area contributed by atoms with E-state index in [0.29, 0.717) is 6.10 Å². The van der Waals surface area contributed by atoms with Gasteiger partial charge in [0.05, 0.1) is 6.10 Å². The molecule has 0 aliphatic carbocycles. The van der Waals surface area contributed by atoms with Gasteiger partial charge in [-0.05, 0) is 43.6 Å². The first kappa shape index (κ1) is 10.8. The molecule has 0 amide bonds. The molecule has 0 aromatic rings. The van der Waals surface area contributed by atoms with E-state index >= 15 is 0 Å². The third-order valence-corrected chi connectivity index (χ3v) is 6.60. The zero-order chi connectivity index (χ0) is 10.1. The van der Waals surface area contributed by atoms with Gasteiger partial charge in [-0.25, -0.2) is 0 Å². The number of hydrogen-bond acceptors (Lipinski definition) is 3. The summed E-state index contributed by atoms with van der Waals surface area (Å²) in [6.45, 7) is 0.994. The predicted molar refractivity (Wildman–Crippen MR) is 68.6 cm³/mol. The summed E-state index contributed by atoms with van der Waals surface area (Å²) in [5.74, 6) is 4.49. The van der Waals surface area contributed by atoms with E-state index in [1.54, 1.807) is 5.92 Å². The van der Waals surface area contributed by atoms with Gasteiger partial charge in [-0.3, -0.25) is 0 Å². The lowest BCUT2D eigenvalue weighted by atomic mass is 9.91. The van der Waals surface area contributed by atoms with Crippen molar-refractivity contribution in [2.75, 3.05) is 18.1 Å². The van der Waals surface area contributed by atoms with Gasteiger partial charge in [-0.2, -0.15) is 23.5 Å². The minimum absolute atomic E-state index is 0.521. The first-order valence-electron chi connectivity index (χ1n) is 6.15. The van der Waals surface area contributed by atoms with Crippen LogP contribution in [0.3, 0.4) is 0 Å². The summed E-state index contributed by atoms with van der Waals surface area (Å²) in [4.78, 5) is 0. The highest BCUT2D eigenvalue weighted by Crippen LogP contribution is 2.45. The molecule has 3 unspecified atom stereocenters. The first-order chi connectivity index (χ1) is 7.45. The molecule has 1 nitrogen and oxygen atoms in total. The predicted octanol–water partition coefficient (Wildman–Crippen LogP) is 3.14. The lowest BCUT2D eigenvalue weighted by Crippen LogP contribution is -2.30. The lowest BCUT2D eigenvalue weighted by molar-refractivity contribution is 0.113. The third kappa shape index (κ3) is 2.20. The molecule has 0 bridgehead atoms. The minimum atomic E-state index is 0.521. The maximum atomic E-state index is 5.99. The van der Waals surface area contributed by atoms with Gasteiger partial charge in [0.1, 0.15) is 0 Å². The maximum Gasteiger partial charge on any atom is 0.0767 e. The van der Waals surface area contributed by atoms with Crippen molar-refractivity contribution in [3.8, 4) is 0 Å². The van der Waals surface area contributed by atoms with Crippen LogP contribution in [0.5, 0.6) is 0 Å². The first-order valence-corrected chi connectivity index (χ1v) is 8.25. The van der Waals surface area contributed by atoms with Crippen molar-refractivity contribution in [1.29, 1.82) is 0 Å². The van der Waals surface area contributed by atoms with E-state index in [0.717, 1.165) is 17.1 Å². The molecule has 3 atom stereocenters. The quantitative estimate of drug-likeness (QED) is 0.737. The molecular formula is C12H19OS2. The van der Waals surface area contributed by atoms with E-state index in [1.165, 1.54) is 43.6 Å². The second-order valence-corrected chi connectivity index (χ2v) is 7.33. The van der Waals surface area contributed by atoms with Crippen molar-refractivity contribution in [1.82, 2.24) is 0 Å². The Hall–Kier alpha value is 0.660. The molecule has 3 heterocycles. The van der Waals surface area contributed by atoms with Crippen molar-refractivity contribution in [2.45, 2.75) is 48.7 Å². The Morgan fingerprint density at radius 2 is 1.93 bits per heavy atom. The van der Waals surface area contributed by atoms with Gasteiger partial charge >= 0.3 is 0 Å². The van der Waals surface area contributed by atoms with Crippen molar-refractivity contribution in [3.63, 3.8) is 0 Å². The second-order valence-electron chi connectivity index (χ2n) is 4.67. The minimum Gasteiger partial charge on any atom is -0.376 e. The Labute approximate surface area is 101 Å². The molecule has 3 saturated heterocycles. The topological polar surface area (TPSA) is 9.23 Å². The van der Waals surface area contributed by atoms with Gasteiger partial charge in [0.15, 0.2) is 0 Å². The van der Waals surface area contributed by atoms with Gasteiger partial charge < -0.3 is 4.74 Å². The van der Waals surface area contributed by atoms with Crippen LogP contribution in [-0.2, 0) is 4.74 Å². The molecule has 3 aliphatic heterocycles. The molecule has 3 aliphatic rings. The Morgan fingerprint density at radius 1 is 1.07 bits per heavy atom. The summed E-state index contributed by atoms with van der Waals surface area (Å²) < 4.78 is 5.99. The Kier molecular flexibility index (Phi) is 3.52. The SMILES string of the molecule is C1CSC([C]2CCOC2C2CCCS2)C1. The molecule has 0 saturated carbocycles. The largest absolute Gasteiger partial charge is 0.376 e. The Morgan fingerprint density at radius 3 is 2.67 bits per heavy atom. The third-order valence-electron chi connectivity index (χ3n) is 3.70. The lowest BCUT2D eigenvalue weighted by Gasteiger charge is -2.27. The number of hydrogen-bond donors (Lipinski definition) is 0. The molecule has 3 heteroatoms. The summed E-state index contributed by atoms with van der Waals surface area (Å²) in [7, 11) is 0. The molecule has 3 fully saturated rings. The number of rotatable bonds is 2. The average molecular weight is 243 g/mol. The van der Waals surface area contributed by atoms with Crippen LogP contribution in [0.15, 0.2) is 0 Å². The summed E-state index contributed by atoms with van der Waals surface area (Å²) >= 11 is 4.32. The summed E-state index contributed by atoms with van der Waals surface area (Å²) in [6, 6.07) is 0. The summed E-state index contributed by atoms with van der Waals surface area (Å²) in [6.07, 6.45) is 7.39. The monoisotopic (exact) mass is 243 g/mol. The highest BCUT2D eigenvalue weighted by Gasteiger charge is 2.42. The molecule has 1 radical (unpaired) electrons. The molecule has 0 N–H and O–H groups in total. The standard InChI is InChI=1S/C12H19OS2/c1-3-10(14-7-1)9-5-6-13-12(9)11-4-2-8-15-11/h10-12H,1-8H2. The van der Waals surface area contributed by atoms with Gasteiger partial charge in [-0.15, -0.1) is 0 Å². The molecular weight excluding hydrogens is 224 g/mol. The normalized spacial score (nSPS) is 42.8. The zero-order valence-electron chi connectivity index (χ0n) is 9.11. The van der Waals surface area contributed by atoms with E-state index in [4.69, 9.17) is 4.74 Å². The smallest absolute Gasteiger partial charge is 0.0767 e. The zero-order valence-corrected chi connectivity index (χ0v) is 10.7. The fourth-order valence-corrected chi connectivity index (χ4v) is 5.77. The van der Waals surface area contributed by atoms with Crippen LogP contribution in [-0.4, -0.2) is 34.7 Å². The van der Waals surface area contributed by atoms with Crippen LogP contribution < -0.4 is 0 Å². The Balaban J connectivity index is 1.65. The van der Waals surface area contributed by atoms with Crippen LogP contribution in [0.25, 0.3) is 0 Å². The van der Waals surface area contributed by atoms with E-state index in [9.17, 15) is 0 Å². The summed E-state index contributed by atoms with van der Waals surface area (Å²) in [5, 5.41) is 1.64. The van der Waals surface area contributed by atoms with E-state index in [1.807, 2.05) is 0 Å². The highest BCUT2D eigenvalue weighted by atomic mass is 32.2. The fourth-order valence-electron chi connectivity index (χ4n) is 2.95. The molecule has 0 aromatic carbocycles. The molecule has 0 aromatic heterocycles. The number of ether oxygens (including phenoxy) is 1. The van der Waals surface area contributed by atoms with Crippen LogP contribution in [0.2, 0.25) is 0 Å². The van der Waals surface area contributed by atoms with Crippen molar-refractivity contribution >= 4 is 23.5 Å². The van der Waals surface area contributed by atoms with Crippen molar-refractivity contribution < 1.29 is 4.74 Å². The molecule has 85 valence electrons. The van der Waals surface area contributed by atoms with Gasteiger partial charge in [0.2, 0.25) is 0 Å². The van der Waals surface area contributed by atoms with E-state index in [-0.39, 0.29) is 0 Å². The van der Waals surface area contributed by atoms with Crippen LogP contribution >= 0.6 is 23.5 Å². The summed E-state index contributed by atoms with van der Waals surface area (Å²) in [5.41, 5.74) is 0. The molecule has 0 spiro atoms.